The standard InChI is InChI=1S/C18H22ClN3O2/c19-16-7-6-13(24-16)10-22-9-8-15-14(11-22)18(23)21-17(20-15)12-4-2-1-3-5-12/h6-7,12H,1-5,8-11H2,(H,20,21,23). The Hall–Kier alpha value is -1.59. The molecule has 2 aliphatic rings. The molecule has 4 rings (SSSR count). The van der Waals surface area contributed by atoms with Crippen molar-refractivity contribution in [3.8, 4) is 0 Å². The van der Waals surface area contributed by atoms with Crippen molar-refractivity contribution in [2.24, 2.45) is 0 Å². The number of H-pyrrole nitrogens is 1. The minimum absolute atomic E-state index is 0.0303. The van der Waals surface area contributed by atoms with Crippen molar-refractivity contribution >= 4 is 11.6 Å². The Labute approximate surface area is 146 Å². The molecule has 0 saturated heterocycles. The number of aromatic nitrogens is 2. The zero-order valence-electron chi connectivity index (χ0n) is 13.7. The second-order valence-electron chi connectivity index (χ2n) is 6.88. The number of nitrogens with zero attached hydrogens (tertiary/aromatic N) is 2. The first kappa shape index (κ1) is 15.9. The first-order valence-electron chi connectivity index (χ1n) is 8.77. The summed E-state index contributed by atoms with van der Waals surface area (Å²) in [6, 6.07) is 3.63. The molecule has 2 aromatic heterocycles. The Balaban J connectivity index is 1.52. The van der Waals surface area contributed by atoms with E-state index in [0.717, 1.165) is 48.6 Å². The van der Waals surface area contributed by atoms with Crippen LogP contribution in [0.2, 0.25) is 5.22 Å². The van der Waals surface area contributed by atoms with Crippen molar-refractivity contribution in [3.05, 3.63) is 50.5 Å². The average Bonchev–Trinajstić information content (AvgIpc) is 3.01. The summed E-state index contributed by atoms with van der Waals surface area (Å²) in [5.41, 5.74) is 1.81. The molecule has 1 fully saturated rings. The summed E-state index contributed by atoms with van der Waals surface area (Å²) >= 11 is 5.83. The van der Waals surface area contributed by atoms with Gasteiger partial charge in [0.15, 0.2) is 5.22 Å². The molecule has 0 aromatic carbocycles. The smallest absolute Gasteiger partial charge is 0.255 e. The van der Waals surface area contributed by atoms with E-state index in [-0.39, 0.29) is 5.56 Å². The van der Waals surface area contributed by atoms with E-state index in [4.69, 9.17) is 21.0 Å². The van der Waals surface area contributed by atoms with Gasteiger partial charge in [-0.1, -0.05) is 19.3 Å². The maximum Gasteiger partial charge on any atom is 0.255 e. The summed E-state index contributed by atoms with van der Waals surface area (Å²) in [4.78, 5) is 22.6. The molecule has 0 unspecified atom stereocenters. The molecule has 3 heterocycles. The lowest BCUT2D eigenvalue weighted by Gasteiger charge is -2.28. The average molecular weight is 348 g/mol. The maximum absolute atomic E-state index is 12.6. The van der Waals surface area contributed by atoms with Crippen molar-refractivity contribution in [2.75, 3.05) is 6.54 Å². The summed E-state index contributed by atoms with van der Waals surface area (Å²) < 4.78 is 5.43. The van der Waals surface area contributed by atoms with E-state index in [1.807, 2.05) is 6.07 Å². The van der Waals surface area contributed by atoms with Crippen LogP contribution in [-0.4, -0.2) is 21.4 Å². The highest BCUT2D eigenvalue weighted by Gasteiger charge is 2.24. The van der Waals surface area contributed by atoms with Crippen LogP contribution in [0.25, 0.3) is 0 Å². The molecule has 0 radical (unpaired) electrons. The second kappa shape index (κ2) is 6.73. The number of furan rings is 1. The quantitative estimate of drug-likeness (QED) is 0.921. The predicted molar refractivity (Wildman–Crippen MR) is 92.2 cm³/mol. The Morgan fingerprint density at radius 2 is 2.12 bits per heavy atom. The lowest BCUT2D eigenvalue weighted by molar-refractivity contribution is 0.222. The lowest BCUT2D eigenvalue weighted by atomic mass is 9.88. The van der Waals surface area contributed by atoms with Crippen LogP contribution in [0.15, 0.2) is 21.3 Å². The minimum Gasteiger partial charge on any atom is -0.448 e. The molecule has 0 spiro atoms. The maximum atomic E-state index is 12.6. The summed E-state index contributed by atoms with van der Waals surface area (Å²) in [6.45, 7) is 2.16. The van der Waals surface area contributed by atoms with Gasteiger partial charge in [-0.15, -0.1) is 0 Å². The highest BCUT2D eigenvalue weighted by atomic mass is 35.5. The Bertz CT molecular complexity index is 777. The largest absolute Gasteiger partial charge is 0.448 e. The van der Waals surface area contributed by atoms with Crippen molar-refractivity contribution in [2.45, 2.75) is 57.5 Å². The van der Waals surface area contributed by atoms with Crippen LogP contribution in [0.5, 0.6) is 0 Å². The van der Waals surface area contributed by atoms with E-state index in [0.29, 0.717) is 24.2 Å². The number of hydrogen-bond donors (Lipinski definition) is 1. The van der Waals surface area contributed by atoms with Gasteiger partial charge in [-0.3, -0.25) is 9.69 Å². The van der Waals surface area contributed by atoms with Crippen molar-refractivity contribution in [3.63, 3.8) is 0 Å². The van der Waals surface area contributed by atoms with E-state index < -0.39 is 0 Å². The molecule has 0 amide bonds. The van der Waals surface area contributed by atoms with E-state index in [9.17, 15) is 4.79 Å². The summed E-state index contributed by atoms with van der Waals surface area (Å²) in [5, 5.41) is 0.402. The summed E-state index contributed by atoms with van der Waals surface area (Å²) in [5.74, 6) is 2.16. The molecule has 24 heavy (non-hydrogen) atoms. The molecule has 0 atom stereocenters. The predicted octanol–water partition coefficient (Wildman–Crippen LogP) is 3.62. The molecule has 6 heteroatoms. The molecule has 128 valence electrons. The summed E-state index contributed by atoms with van der Waals surface area (Å²) in [7, 11) is 0. The highest BCUT2D eigenvalue weighted by Crippen LogP contribution is 2.30. The van der Waals surface area contributed by atoms with Crippen molar-refractivity contribution < 1.29 is 4.42 Å². The Kier molecular flexibility index (Phi) is 4.46. The number of rotatable bonds is 3. The van der Waals surface area contributed by atoms with E-state index in [1.165, 1.54) is 19.3 Å². The first-order chi connectivity index (χ1) is 11.7. The second-order valence-corrected chi connectivity index (χ2v) is 7.25. The van der Waals surface area contributed by atoms with Crippen LogP contribution < -0.4 is 5.56 Å². The monoisotopic (exact) mass is 347 g/mol. The molecule has 1 aliphatic heterocycles. The Morgan fingerprint density at radius 1 is 1.29 bits per heavy atom. The van der Waals surface area contributed by atoms with Gasteiger partial charge in [0.05, 0.1) is 17.8 Å². The van der Waals surface area contributed by atoms with Crippen LogP contribution in [-0.2, 0) is 19.5 Å². The molecule has 2 aromatic rings. The fourth-order valence-electron chi connectivity index (χ4n) is 3.86. The Morgan fingerprint density at radius 3 is 2.88 bits per heavy atom. The van der Waals surface area contributed by atoms with Crippen molar-refractivity contribution in [1.29, 1.82) is 0 Å². The zero-order chi connectivity index (χ0) is 16.5. The highest BCUT2D eigenvalue weighted by molar-refractivity contribution is 6.28. The minimum atomic E-state index is 0.0303. The molecule has 1 N–H and O–H groups in total. The first-order valence-corrected chi connectivity index (χ1v) is 9.15. The van der Waals surface area contributed by atoms with Crippen LogP contribution in [0.3, 0.4) is 0 Å². The van der Waals surface area contributed by atoms with Gasteiger partial charge in [0.2, 0.25) is 0 Å². The van der Waals surface area contributed by atoms with Gasteiger partial charge in [0, 0.05) is 25.4 Å². The van der Waals surface area contributed by atoms with Crippen LogP contribution in [0.1, 0.15) is 60.9 Å². The van der Waals surface area contributed by atoms with Gasteiger partial charge in [0.25, 0.3) is 5.56 Å². The number of hydrogen-bond acceptors (Lipinski definition) is 4. The lowest BCUT2D eigenvalue weighted by Crippen LogP contribution is -2.36. The van der Waals surface area contributed by atoms with E-state index in [1.54, 1.807) is 6.07 Å². The molecular weight excluding hydrogens is 326 g/mol. The van der Waals surface area contributed by atoms with Gasteiger partial charge >= 0.3 is 0 Å². The number of halogens is 1. The van der Waals surface area contributed by atoms with Crippen molar-refractivity contribution in [1.82, 2.24) is 14.9 Å². The van der Waals surface area contributed by atoms with Gasteiger partial charge < -0.3 is 9.40 Å². The zero-order valence-corrected chi connectivity index (χ0v) is 14.4. The van der Waals surface area contributed by atoms with Gasteiger partial charge in [-0.25, -0.2) is 4.98 Å². The third-order valence-corrected chi connectivity index (χ3v) is 5.37. The molecule has 0 bridgehead atoms. The fourth-order valence-corrected chi connectivity index (χ4v) is 4.02. The fraction of sp³-hybridized carbons (Fsp3) is 0.556. The number of fused-ring (bicyclic) bond motifs is 1. The SMILES string of the molecule is O=c1[nH]c(C2CCCCC2)nc2c1CN(Cc1ccc(Cl)o1)CC2. The van der Waals surface area contributed by atoms with Crippen LogP contribution >= 0.6 is 11.6 Å². The normalized spacial score (nSPS) is 19.4. The van der Waals surface area contributed by atoms with Crippen LogP contribution in [0.4, 0.5) is 0 Å². The molecule has 1 saturated carbocycles. The topological polar surface area (TPSA) is 62.1 Å². The van der Waals surface area contributed by atoms with Gasteiger partial charge in [0.1, 0.15) is 11.6 Å². The summed E-state index contributed by atoms with van der Waals surface area (Å²) in [6.07, 6.45) is 6.89. The van der Waals surface area contributed by atoms with Gasteiger partial charge in [-0.2, -0.15) is 0 Å². The molecule has 1 aliphatic carbocycles. The van der Waals surface area contributed by atoms with E-state index >= 15 is 0 Å². The van der Waals surface area contributed by atoms with Crippen LogP contribution in [0, 0.1) is 0 Å². The number of nitrogens with one attached hydrogen (secondary N) is 1. The van der Waals surface area contributed by atoms with E-state index in [2.05, 4.69) is 9.88 Å². The molecular formula is C18H22ClN3O2. The number of aromatic amines is 1. The third-order valence-electron chi connectivity index (χ3n) is 5.17. The van der Waals surface area contributed by atoms with Gasteiger partial charge in [-0.05, 0) is 36.6 Å². The molecule has 5 nitrogen and oxygen atoms in total. The third kappa shape index (κ3) is 3.28.